The molecule has 0 saturated carbocycles. The highest BCUT2D eigenvalue weighted by molar-refractivity contribution is 5.90. The Kier molecular flexibility index (Phi) is 6.21. The average Bonchev–Trinajstić information content (AvgIpc) is 2.69. The SMILES string of the molecule is CN1C(=O)COCC1C(O)c1ccc(NC(=O)CCc2ccccc2)cc1. The van der Waals surface area contributed by atoms with Gasteiger partial charge in [0.1, 0.15) is 12.7 Å². The molecule has 6 nitrogen and oxygen atoms in total. The van der Waals surface area contributed by atoms with Gasteiger partial charge in [-0.05, 0) is 29.7 Å². The summed E-state index contributed by atoms with van der Waals surface area (Å²) in [5, 5.41) is 13.4. The number of carbonyl (C=O) groups excluding carboxylic acids is 2. The highest BCUT2D eigenvalue weighted by Crippen LogP contribution is 2.24. The first-order valence-electron chi connectivity index (χ1n) is 9.00. The number of carbonyl (C=O) groups is 2. The van der Waals surface area contributed by atoms with E-state index in [1.807, 2.05) is 30.3 Å². The normalized spacial score (nSPS) is 18.2. The fourth-order valence-electron chi connectivity index (χ4n) is 3.08. The zero-order valence-corrected chi connectivity index (χ0v) is 15.3. The van der Waals surface area contributed by atoms with E-state index in [9.17, 15) is 14.7 Å². The minimum absolute atomic E-state index is 0.0493. The van der Waals surface area contributed by atoms with Crippen LogP contribution in [-0.4, -0.2) is 48.1 Å². The van der Waals surface area contributed by atoms with E-state index < -0.39 is 12.1 Å². The highest BCUT2D eigenvalue weighted by Gasteiger charge is 2.32. The molecule has 2 unspecified atom stereocenters. The van der Waals surface area contributed by atoms with Crippen molar-refractivity contribution in [3.05, 3.63) is 65.7 Å². The maximum atomic E-state index is 12.1. The van der Waals surface area contributed by atoms with Crippen LogP contribution in [0, 0.1) is 0 Å². The number of amides is 2. The second-order valence-corrected chi connectivity index (χ2v) is 6.69. The topological polar surface area (TPSA) is 78.9 Å². The van der Waals surface area contributed by atoms with Crippen molar-refractivity contribution in [2.75, 3.05) is 25.6 Å². The van der Waals surface area contributed by atoms with Crippen LogP contribution in [-0.2, 0) is 20.7 Å². The Morgan fingerprint density at radius 1 is 1.22 bits per heavy atom. The summed E-state index contributed by atoms with van der Waals surface area (Å²) in [7, 11) is 1.67. The molecule has 1 fully saturated rings. The first-order valence-corrected chi connectivity index (χ1v) is 9.00. The first-order chi connectivity index (χ1) is 13.0. The van der Waals surface area contributed by atoms with E-state index in [2.05, 4.69) is 5.32 Å². The predicted molar refractivity (Wildman–Crippen MR) is 102 cm³/mol. The molecule has 0 radical (unpaired) electrons. The number of rotatable bonds is 6. The molecule has 3 rings (SSSR count). The van der Waals surface area contributed by atoms with Crippen molar-refractivity contribution in [3.8, 4) is 0 Å². The van der Waals surface area contributed by atoms with E-state index in [-0.39, 0.29) is 18.4 Å². The molecule has 1 aliphatic rings. The van der Waals surface area contributed by atoms with Gasteiger partial charge in [0.15, 0.2) is 0 Å². The quantitative estimate of drug-likeness (QED) is 0.819. The number of morpholine rings is 1. The molecule has 2 aromatic rings. The predicted octanol–water partition coefficient (Wildman–Crippen LogP) is 2.15. The minimum Gasteiger partial charge on any atom is -0.386 e. The van der Waals surface area contributed by atoms with E-state index in [1.165, 1.54) is 4.90 Å². The summed E-state index contributed by atoms with van der Waals surface area (Å²) >= 11 is 0. The molecule has 0 aliphatic carbocycles. The summed E-state index contributed by atoms with van der Waals surface area (Å²) in [4.78, 5) is 25.4. The summed E-state index contributed by atoms with van der Waals surface area (Å²) in [5.74, 6) is -0.203. The lowest BCUT2D eigenvalue weighted by atomic mass is 10.0. The van der Waals surface area contributed by atoms with Crippen molar-refractivity contribution in [2.45, 2.75) is 25.0 Å². The van der Waals surface area contributed by atoms with Crippen LogP contribution in [0.4, 0.5) is 5.69 Å². The molecule has 27 heavy (non-hydrogen) atoms. The molecule has 2 N–H and O–H groups in total. The number of anilines is 1. The highest BCUT2D eigenvalue weighted by atomic mass is 16.5. The number of ether oxygens (including phenoxy) is 1. The third kappa shape index (κ3) is 4.93. The Bertz CT molecular complexity index is 777. The van der Waals surface area contributed by atoms with Crippen molar-refractivity contribution in [3.63, 3.8) is 0 Å². The Hall–Kier alpha value is -2.70. The number of nitrogens with zero attached hydrogens (tertiary/aromatic N) is 1. The van der Waals surface area contributed by atoms with Gasteiger partial charge >= 0.3 is 0 Å². The van der Waals surface area contributed by atoms with Gasteiger partial charge in [-0.15, -0.1) is 0 Å². The number of aliphatic hydroxyl groups excluding tert-OH is 1. The second-order valence-electron chi connectivity index (χ2n) is 6.69. The molecule has 2 aromatic carbocycles. The molecule has 0 spiro atoms. The number of nitrogens with one attached hydrogen (secondary N) is 1. The Balaban J connectivity index is 1.55. The summed E-state index contributed by atoms with van der Waals surface area (Å²) in [6.45, 7) is 0.342. The van der Waals surface area contributed by atoms with E-state index in [1.54, 1.807) is 31.3 Å². The van der Waals surface area contributed by atoms with Crippen LogP contribution in [0.15, 0.2) is 54.6 Å². The zero-order valence-electron chi connectivity index (χ0n) is 15.3. The lowest BCUT2D eigenvalue weighted by molar-refractivity contribution is -0.151. The van der Waals surface area contributed by atoms with Crippen molar-refractivity contribution in [2.24, 2.45) is 0 Å². The largest absolute Gasteiger partial charge is 0.386 e. The second kappa shape index (κ2) is 8.79. The lowest BCUT2D eigenvalue weighted by Crippen LogP contribution is -2.49. The maximum Gasteiger partial charge on any atom is 0.248 e. The van der Waals surface area contributed by atoms with Crippen molar-refractivity contribution in [1.82, 2.24) is 4.90 Å². The third-order valence-electron chi connectivity index (χ3n) is 4.79. The Morgan fingerprint density at radius 2 is 1.93 bits per heavy atom. The van der Waals surface area contributed by atoms with Gasteiger partial charge in [0.25, 0.3) is 0 Å². The van der Waals surface area contributed by atoms with Crippen LogP contribution >= 0.6 is 0 Å². The van der Waals surface area contributed by atoms with E-state index in [0.29, 0.717) is 30.7 Å². The summed E-state index contributed by atoms with van der Waals surface area (Å²) in [6, 6.07) is 16.5. The average molecular weight is 368 g/mol. The van der Waals surface area contributed by atoms with Crippen LogP contribution in [0.25, 0.3) is 0 Å². The minimum atomic E-state index is -0.845. The monoisotopic (exact) mass is 368 g/mol. The standard InChI is InChI=1S/C21H24N2O4/c1-23-18(13-27-14-20(23)25)21(26)16-8-10-17(11-9-16)22-19(24)12-7-15-5-3-2-4-6-15/h2-6,8-11,18,21,26H,7,12-14H2,1H3,(H,22,24). The van der Waals surface area contributed by atoms with Gasteiger partial charge in [-0.3, -0.25) is 9.59 Å². The number of aryl methyl sites for hydroxylation is 1. The number of benzene rings is 2. The van der Waals surface area contributed by atoms with E-state index >= 15 is 0 Å². The van der Waals surface area contributed by atoms with Gasteiger partial charge in [0, 0.05) is 19.2 Å². The van der Waals surface area contributed by atoms with Crippen molar-refractivity contribution in [1.29, 1.82) is 0 Å². The van der Waals surface area contributed by atoms with E-state index in [4.69, 9.17) is 4.74 Å². The van der Waals surface area contributed by atoms with Gasteiger partial charge in [0.05, 0.1) is 12.6 Å². The first kappa shape index (κ1) is 19.1. The van der Waals surface area contributed by atoms with Gasteiger partial charge < -0.3 is 20.1 Å². The summed E-state index contributed by atoms with van der Waals surface area (Å²) < 4.78 is 5.24. The van der Waals surface area contributed by atoms with Gasteiger partial charge in [-0.25, -0.2) is 0 Å². The molecule has 2 atom stereocenters. The molecule has 0 aromatic heterocycles. The number of hydrogen-bond acceptors (Lipinski definition) is 4. The molecule has 2 amide bonds. The van der Waals surface area contributed by atoms with Gasteiger partial charge in [-0.2, -0.15) is 0 Å². The number of hydrogen-bond donors (Lipinski definition) is 2. The van der Waals surface area contributed by atoms with Crippen LogP contribution in [0.5, 0.6) is 0 Å². The van der Waals surface area contributed by atoms with Crippen LogP contribution in [0.3, 0.4) is 0 Å². The lowest BCUT2D eigenvalue weighted by Gasteiger charge is -2.35. The van der Waals surface area contributed by atoms with E-state index in [0.717, 1.165) is 5.56 Å². The molecular weight excluding hydrogens is 344 g/mol. The molecule has 1 heterocycles. The maximum absolute atomic E-state index is 12.1. The van der Waals surface area contributed by atoms with Gasteiger partial charge in [0.2, 0.25) is 11.8 Å². The fourth-order valence-corrected chi connectivity index (χ4v) is 3.08. The Morgan fingerprint density at radius 3 is 2.63 bits per heavy atom. The Labute approximate surface area is 158 Å². The van der Waals surface area contributed by atoms with Crippen molar-refractivity contribution >= 4 is 17.5 Å². The smallest absolute Gasteiger partial charge is 0.248 e. The number of aliphatic hydroxyl groups is 1. The molecule has 0 bridgehead atoms. The molecule has 6 heteroatoms. The molecule has 1 saturated heterocycles. The fraction of sp³-hybridized carbons (Fsp3) is 0.333. The third-order valence-corrected chi connectivity index (χ3v) is 4.79. The van der Waals surface area contributed by atoms with Crippen LogP contribution in [0.1, 0.15) is 23.7 Å². The van der Waals surface area contributed by atoms with Crippen LogP contribution in [0.2, 0.25) is 0 Å². The molecular formula is C21H24N2O4. The summed E-state index contributed by atoms with van der Waals surface area (Å²) in [6.07, 6.45) is 0.244. The summed E-state index contributed by atoms with van der Waals surface area (Å²) in [5.41, 5.74) is 2.47. The zero-order chi connectivity index (χ0) is 19.2. The molecule has 142 valence electrons. The van der Waals surface area contributed by atoms with Crippen molar-refractivity contribution < 1.29 is 19.4 Å². The van der Waals surface area contributed by atoms with Gasteiger partial charge in [-0.1, -0.05) is 42.5 Å². The van der Waals surface area contributed by atoms with Crippen LogP contribution < -0.4 is 5.32 Å². The molecule has 1 aliphatic heterocycles. The number of likely N-dealkylation sites (N-methyl/N-ethyl adjacent to an activating group) is 1.